The second-order valence-corrected chi connectivity index (χ2v) is 7.85. The van der Waals surface area contributed by atoms with Crippen LogP contribution in [0.15, 0.2) is 40.3 Å². The van der Waals surface area contributed by atoms with Crippen molar-refractivity contribution in [1.29, 1.82) is 5.26 Å². The van der Waals surface area contributed by atoms with Gasteiger partial charge in [0.15, 0.2) is 11.6 Å². The van der Waals surface area contributed by atoms with Gasteiger partial charge in [0.2, 0.25) is 5.89 Å². The molecular weight excluding hydrogens is 450 g/mol. The molecule has 30 heavy (non-hydrogen) atoms. The van der Waals surface area contributed by atoms with Gasteiger partial charge in [-0.15, -0.1) is 10.2 Å². The fourth-order valence-electron chi connectivity index (χ4n) is 2.57. The molecule has 0 unspecified atom stereocenters. The Labute approximate surface area is 186 Å². The molecule has 3 rings (SSSR count). The standard InChI is InChI=1S/C20H15Cl2FN4O2S/c1-10(2)19(30-25)20-27-26-16(29-20)7-12-3-4-15(22)18(17(12)23)28-14-6-11(9-24)5-13(21)8-14/h3-6,8H,7,25H2,1-2H3. The lowest BCUT2D eigenvalue weighted by Gasteiger charge is -2.12. The van der Waals surface area contributed by atoms with Gasteiger partial charge in [0, 0.05) is 10.6 Å². The summed E-state index contributed by atoms with van der Waals surface area (Å²) in [5.41, 5.74) is 1.44. The van der Waals surface area contributed by atoms with E-state index in [1.165, 1.54) is 30.3 Å². The Morgan fingerprint density at radius 1 is 1.27 bits per heavy atom. The summed E-state index contributed by atoms with van der Waals surface area (Å²) in [6.45, 7) is 3.74. The van der Waals surface area contributed by atoms with Gasteiger partial charge >= 0.3 is 0 Å². The maximum Gasteiger partial charge on any atom is 0.255 e. The van der Waals surface area contributed by atoms with Crippen LogP contribution in [0.3, 0.4) is 0 Å². The van der Waals surface area contributed by atoms with E-state index in [9.17, 15) is 0 Å². The highest BCUT2D eigenvalue weighted by atomic mass is 35.5. The molecule has 0 fully saturated rings. The molecule has 0 saturated carbocycles. The number of nitrogens with two attached hydrogens (primary N) is 1. The molecule has 3 aromatic rings. The maximum absolute atomic E-state index is 15.1. The van der Waals surface area contributed by atoms with Gasteiger partial charge in [0.1, 0.15) is 5.75 Å². The van der Waals surface area contributed by atoms with Crippen LogP contribution in [0.2, 0.25) is 10.0 Å². The van der Waals surface area contributed by atoms with Gasteiger partial charge in [0.25, 0.3) is 5.89 Å². The molecule has 6 nitrogen and oxygen atoms in total. The fraction of sp³-hybridized carbons (Fsp3) is 0.150. The average Bonchev–Trinajstić information content (AvgIpc) is 3.15. The SMILES string of the molecule is CC(C)=C(SN)c1nnc(Cc2ccc(Cl)c(Oc3cc(Cl)cc(C#N)c3)c2F)o1. The Balaban J connectivity index is 1.91. The zero-order valence-electron chi connectivity index (χ0n) is 15.9. The lowest BCUT2D eigenvalue weighted by molar-refractivity contribution is 0.436. The molecule has 2 N–H and O–H groups in total. The minimum atomic E-state index is -0.684. The first-order valence-corrected chi connectivity index (χ1v) is 10.2. The van der Waals surface area contributed by atoms with E-state index >= 15 is 4.39 Å². The topological polar surface area (TPSA) is 98.0 Å². The van der Waals surface area contributed by atoms with E-state index in [-0.39, 0.29) is 50.9 Å². The normalized spacial score (nSPS) is 10.6. The van der Waals surface area contributed by atoms with Gasteiger partial charge in [-0.05, 0) is 50.1 Å². The zero-order valence-corrected chi connectivity index (χ0v) is 18.2. The van der Waals surface area contributed by atoms with Crippen LogP contribution in [0.4, 0.5) is 4.39 Å². The minimum absolute atomic E-state index is 0.0244. The second kappa shape index (κ2) is 9.49. The van der Waals surface area contributed by atoms with Crippen LogP contribution in [-0.2, 0) is 6.42 Å². The van der Waals surface area contributed by atoms with Crippen molar-refractivity contribution in [3.63, 3.8) is 0 Å². The third-order valence-electron chi connectivity index (χ3n) is 3.92. The van der Waals surface area contributed by atoms with Crippen LogP contribution in [0, 0.1) is 17.1 Å². The van der Waals surface area contributed by atoms with Crippen LogP contribution in [-0.4, -0.2) is 10.2 Å². The number of hydrogen-bond donors (Lipinski definition) is 1. The Morgan fingerprint density at radius 2 is 2.03 bits per heavy atom. The number of nitriles is 1. The largest absolute Gasteiger partial charge is 0.453 e. The highest BCUT2D eigenvalue weighted by Crippen LogP contribution is 2.36. The van der Waals surface area contributed by atoms with Crippen LogP contribution < -0.4 is 9.88 Å². The monoisotopic (exact) mass is 464 g/mol. The van der Waals surface area contributed by atoms with Crippen LogP contribution in [0.25, 0.3) is 4.91 Å². The van der Waals surface area contributed by atoms with Gasteiger partial charge in [-0.2, -0.15) is 5.26 Å². The first kappa shape index (κ1) is 22.1. The summed E-state index contributed by atoms with van der Waals surface area (Å²) in [5, 5.41) is 23.0. The van der Waals surface area contributed by atoms with E-state index in [1.807, 2.05) is 19.9 Å². The first-order chi connectivity index (χ1) is 14.3. The lowest BCUT2D eigenvalue weighted by atomic mass is 10.1. The molecule has 0 aliphatic rings. The molecule has 0 bridgehead atoms. The fourth-order valence-corrected chi connectivity index (χ4v) is 3.40. The molecule has 10 heteroatoms. The molecule has 0 spiro atoms. The number of aromatic nitrogens is 2. The quantitative estimate of drug-likeness (QED) is 0.438. The summed E-state index contributed by atoms with van der Waals surface area (Å²) < 4.78 is 26.3. The van der Waals surface area contributed by atoms with Crippen molar-refractivity contribution in [3.05, 3.63) is 74.7 Å². The van der Waals surface area contributed by atoms with Crippen LogP contribution in [0.1, 0.15) is 36.8 Å². The lowest BCUT2D eigenvalue weighted by Crippen LogP contribution is -1.98. The number of nitrogens with zero attached hydrogens (tertiary/aromatic N) is 3. The second-order valence-electron chi connectivity index (χ2n) is 6.36. The third kappa shape index (κ3) is 4.94. The van der Waals surface area contributed by atoms with Gasteiger partial charge in [-0.1, -0.05) is 34.8 Å². The van der Waals surface area contributed by atoms with E-state index in [2.05, 4.69) is 10.2 Å². The predicted octanol–water partition coefficient (Wildman–Crippen LogP) is 6.13. The maximum atomic E-state index is 15.1. The highest BCUT2D eigenvalue weighted by molar-refractivity contribution is 8.06. The number of halogens is 3. The van der Waals surface area contributed by atoms with Gasteiger partial charge < -0.3 is 9.15 Å². The number of allylic oxidation sites excluding steroid dienone is 1. The smallest absolute Gasteiger partial charge is 0.255 e. The highest BCUT2D eigenvalue weighted by Gasteiger charge is 2.19. The molecule has 0 amide bonds. The van der Waals surface area contributed by atoms with Crippen LogP contribution >= 0.6 is 35.1 Å². The number of ether oxygens (including phenoxy) is 1. The van der Waals surface area contributed by atoms with Crippen molar-refractivity contribution in [1.82, 2.24) is 10.2 Å². The summed E-state index contributed by atoms with van der Waals surface area (Å²) in [6, 6.07) is 9.33. The first-order valence-electron chi connectivity index (χ1n) is 8.54. The van der Waals surface area contributed by atoms with Crippen molar-refractivity contribution in [3.8, 4) is 17.6 Å². The molecule has 0 aliphatic heterocycles. The molecular formula is C20H15Cl2FN4O2S. The number of rotatable bonds is 6. The van der Waals surface area contributed by atoms with Crippen molar-refractivity contribution >= 4 is 40.1 Å². The third-order valence-corrected chi connectivity index (χ3v) is 5.26. The summed E-state index contributed by atoms with van der Waals surface area (Å²) in [4.78, 5) is 0.656. The zero-order chi connectivity index (χ0) is 21.8. The average molecular weight is 465 g/mol. The van der Waals surface area contributed by atoms with E-state index < -0.39 is 5.82 Å². The molecule has 0 radical (unpaired) electrons. The van der Waals surface area contributed by atoms with E-state index in [0.29, 0.717) is 4.91 Å². The Bertz CT molecular complexity index is 1170. The molecule has 1 aromatic heterocycles. The van der Waals surface area contributed by atoms with Gasteiger partial charge in [-0.25, -0.2) is 4.39 Å². The van der Waals surface area contributed by atoms with Gasteiger partial charge in [-0.3, -0.25) is 5.14 Å². The summed E-state index contributed by atoms with van der Waals surface area (Å²) in [5.74, 6) is -0.213. The summed E-state index contributed by atoms with van der Waals surface area (Å²) in [6.07, 6.45) is 0.0244. The van der Waals surface area contributed by atoms with Crippen molar-refractivity contribution < 1.29 is 13.5 Å². The van der Waals surface area contributed by atoms with Crippen molar-refractivity contribution in [2.45, 2.75) is 20.3 Å². The predicted molar refractivity (Wildman–Crippen MR) is 115 cm³/mol. The summed E-state index contributed by atoms with van der Waals surface area (Å²) >= 11 is 13.1. The molecule has 1 heterocycles. The van der Waals surface area contributed by atoms with E-state index in [4.69, 9.17) is 42.8 Å². The van der Waals surface area contributed by atoms with Crippen molar-refractivity contribution in [2.75, 3.05) is 0 Å². The summed E-state index contributed by atoms with van der Waals surface area (Å²) in [7, 11) is 0. The van der Waals surface area contributed by atoms with Crippen molar-refractivity contribution in [2.24, 2.45) is 5.14 Å². The van der Waals surface area contributed by atoms with Gasteiger partial charge in [0.05, 0.1) is 28.0 Å². The minimum Gasteiger partial charge on any atom is -0.453 e. The van der Waals surface area contributed by atoms with E-state index in [0.717, 1.165) is 17.5 Å². The Kier molecular flexibility index (Phi) is 7.00. The molecule has 0 atom stereocenters. The van der Waals surface area contributed by atoms with E-state index in [1.54, 1.807) is 0 Å². The Hall–Kier alpha value is -2.57. The molecule has 0 saturated heterocycles. The number of hydrogen-bond acceptors (Lipinski definition) is 7. The Morgan fingerprint density at radius 3 is 2.70 bits per heavy atom. The molecule has 154 valence electrons. The molecule has 0 aliphatic carbocycles. The molecule has 2 aromatic carbocycles. The van der Waals surface area contributed by atoms with Crippen LogP contribution in [0.5, 0.6) is 11.5 Å². The number of benzene rings is 2.